The molecule has 0 atom stereocenters. The fourth-order valence-corrected chi connectivity index (χ4v) is 3.49. The zero-order valence-corrected chi connectivity index (χ0v) is 12.8. The molecule has 1 heterocycles. The Morgan fingerprint density at radius 3 is 2.60 bits per heavy atom. The Kier molecular flexibility index (Phi) is 4.11. The number of hydrazine groups is 1. The topological polar surface area (TPSA) is 72.3 Å². The van der Waals surface area contributed by atoms with Crippen molar-refractivity contribution in [3.05, 3.63) is 40.3 Å². The summed E-state index contributed by atoms with van der Waals surface area (Å²) in [5, 5.41) is 1.64. The van der Waals surface area contributed by atoms with Gasteiger partial charge in [-0.05, 0) is 11.1 Å². The number of nitrogen functional groups attached to an aromatic ring is 1. The van der Waals surface area contributed by atoms with E-state index in [0.717, 1.165) is 27.4 Å². The number of rotatable bonds is 1. The van der Waals surface area contributed by atoms with Crippen LogP contribution in [0.25, 0.3) is 11.1 Å². The molecule has 1 aliphatic rings. The Morgan fingerprint density at radius 1 is 1.30 bits per heavy atom. The molecule has 0 spiro atoms. The van der Waals surface area contributed by atoms with Crippen LogP contribution in [0.5, 0.6) is 0 Å². The molecule has 106 valence electrons. The molecule has 3 rings (SSSR count). The van der Waals surface area contributed by atoms with E-state index in [-0.39, 0.29) is 5.91 Å². The van der Waals surface area contributed by atoms with Crippen molar-refractivity contribution in [2.24, 2.45) is 5.84 Å². The van der Waals surface area contributed by atoms with Crippen LogP contribution in [0.4, 0.5) is 5.00 Å². The third-order valence-electron chi connectivity index (χ3n) is 3.18. The molecule has 0 fully saturated rings. The Bertz CT molecular complexity index is 647. The van der Waals surface area contributed by atoms with Crippen LogP contribution in [0.15, 0.2) is 24.3 Å². The Morgan fingerprint density at radius 2 is 1.95 bits per heavy atom. The average molecular weight is 289 g/mol. The summed E-state index contributed by atoms with van der Waals surface area (Å²) in [6, 6.07) is 8.09. The first-order valence-electron chi connectivity index (χ1n) is 6.61. The molecular formula is C15H19N3OS. The predicted molar refractivity (Wildman–Crippen MR) is 84.6 cm³/mol. The number of hydrogen-bond acceptors (Lipinski definition) is 4. The molecule has 1 aromatic heterocycles. The van der Waals surface area contributed by atoms with Crippen molar-refractivity contribution in [2.45, 2.75) is 20.3 Å². The van der Waals surface area contributed by atoms with Crippen molar-refractivity contribution in [1.82, 2.24) is 5.01 Å². The second-order valence-corrected chi connectivity index (χ2v) is 5.53. The lowest BCUT2D eigenvalue weighted by atomic mass is 10.0. The minimum absolute atomic E-state index is 0.235. The van der Waals surface area contributed by atoms with Crippen LogP contribution in [0.2, 0.25) is 0 Å². The third kappa shape index (κ3) is 2.19. The van der Waals surface area contributed by atoms with Crippen LogP contribution >= 0.6 is 11.3 Å². The van der Waals surface area contributed by atoms with Gasteiger partial charge in [0.2, 0.25) is 0 Å². The summed E-state index contributed by atoms with van der Waals surface area (Å²) < 4.78 is 0. The maximum atomic E-state index is 12.1. The highest BCUT2D eigenvalue weighted by molar-refractivity contribution is 7.17. The Balaban J connectivity index is 0.000000704. The Labute approximate surface area is 123 Å². The fourth-order valence-electron chi connectivity index (χ4n) is 2.39. The number of fused-ring (bicyclic) bond motifs is 3. The van der Waals surface area contributed by atoms with Gasteiger partial charge in [0.1, 0.15) is 0 Å². The highest BCUT2D eigenvalue weighted by Gasteiger charge is 2.29. The summed E-state index contributed by atoms with van der Waals surface area (Å²) in [5.74, 6) is 5.31. The SMILES string of the molecule is CC.CN(N)C(=O)c1c(N)sc2c1-c1ccccc1C2. The maximum Gasteiger partial charge on any atom is 0.271 e. The molecule has 1 amide bonds. The zero-order chi connectivity index (χ0) is 14.9. The molecule has 0 unspecified atom stereocenters. The van der Waals surface area contributed by atoms with Crippen LogP contribution < -0.4 is 11.6 Å². The molecule has 1 aliphatic carbocycles. The fraction of sp³-hybridized carbons (Fsp3) is 0.267. The number of carbonyl (C=O) groups excluding carboxylic acids is 1. The molecular weight excluding hydrogens is 270 g/mol. The molecule has 1 aromatic carbocycles. The van der Waals surface area contributed by atoms with Gasteiger partial charge in [0.15, 0.2) is 0 Å². The van der Waals surface area contributed by atoms with Gasteiger partial charge in [-0.3, -0.25) is 9.80 Å². The third-order valence-corrected chi connectivity index (χ3v) is 4.20. The van der Waals surface area contributed by atoms with Gasteiger partial charge in [0, 0.05) is 23.9 Å². The van der Waals surface area contributed by atoms with Gasteiger partial charge >= 0.3 is 0 Å². The van der Waals surface area contributed by atoms with E-state index < -0.39 is 0 Å². The molecule has 0 radical (unpaired) electrons. The lowest BCUT2D eigenvalue weighted by molar-refractivity contribution is 0.0797. The van der Waals surface area contributed by atoms with Crippen LogP contribution in [0, 0.1) is 0 Å². The van der Waals surface area contributed by atoms with Crippen LogP contribution in [0.1, 0.15) is 34.6 Å². The van der Waals surface area contributed by atoms with Gasteiger partial charge in [-0.15, -0.1) is 11.3 Å². The smallest absolute Gasteiger partial charge is 0.271 e. The molecule has 4 nitrogen and oxygen atoms in total. The molecule has 0 saturated heterocycles. The van der Waals surface area contributed by atoms with E-state index >= 15 is 0 Å². The second kappa shape index (κ2) is 5.64. The van der Waals surface area contributed by atoms with Gasteiger partial charge < -0.3 is 5.73 Å². The van der Waals surface area contributed by atoms with Gasteiger partial charge in [-0.2, -0.15) is 0 Å². The van der Waals surface area contributed by atoms with Crippen molar-refractivity contribution < 1.29 is 4.79 Å². The van der Waals surface area contributed by atoms with E-state index in [1.54, 1.807) is 0 Å². The average Bonchev–Trinajstić information content (AvgIpc) is 2.94. The summed E-state index contributed by atoms with van der Waals surface area (Å²) in [7, 11) is 1.53. The Hall–Kier alpha value is -1.85. The summed E-state index contributed by atoms with van der Waals surface area (Å²) in [5.41, 5.74) is 9.82. The quantitative estimate of drug-likeness (QED) is 0.411. The van der Waals surface area contributed by atoms with E-state index in [2.05, 4.69) is 6.07 Å². The number of hydrogen-bond donors (Lipinski definition) is 2. The minimum atomic E-state index is -0.235. The first kappa shape index (κ1) is 14.6. The van der Waals surface area contributed by atoms with Crippen molar-refractivity contribution in [3.8, 4) is 11.1 Å². The number of thiophene rings is 1. The van der Waals surface area contributed by atoms with Crippen molar-refractivity contribution in [1.29, 1.82) is 0 Å². The highest BCUT2D eigenvalue weighted by atomic mass is 32.1. The minimum Gasteiger partial charge on any atom is -0.390 e. The summed E-state index contributed by atoms with van der Waals surface area (Å²) in [6.07, 6.45) is 0.849. The zero-order valence-electron chi connectivity index (χ0n) is 11.9. The lowest BCUT2D eigenvalue weighted by Crippen LogP contribution is -2.33. The van der Waals surface area contributed by atoms with Crippen LogP contribution in [0.3, 0.4) is 0 Å². The number of amides is 1. The lowest BCUT2D eigenvalue weighted by Gasteiger charge is -2.11. The van der Waals surface area contributed by atoms with E-state index in [9.17, 15) is 4.79 Å². The van der Waals surface area contributed by atoms with Gasteiger partial charge in [0.05, 0.1) is 10.6 Å². The standard InChI is InChI=1S/C13H13N3OS.C2H6/c1-16(15)13(17)11-10-8-5-3-2-4-7(8)6-9(10)18-12(11)14;1-2/h2-5H,6,14-15H2,1H3;1-2H3. The normalized spacial score (nSPS) is 11.2. The van der Waals surface area contributed by atoms with Crippen molar-refractivity contribution in [2.75, 3.05) is 12.8 Å². The van der Waals surface area contributed by atoms with Crippen molar-refractivity contribution >= 4 is 22.2 Å². The summed E-state index contributed by atoms with van der Waals surface area (Å²) in [6.45, 7) is 4.00. The molecule has 0 bridgehead atoms. The maximum absolute atomic E-state index is 12.1. The van der Waals surface area contributed by atoms with Crippen LogP contribution in [-0.2, 0) is 6.42 Å². The summed E-state index contributed by atoms with van der Waals surface area (Å²) >= 11 is 1.48. The molecule has 0 saturated carbocycles. The predicted octanol–water partition coefficient (Wildman–Crippen LogP) is 2.87. The van der Waals surface area contributed by atoms with Crippen LogP contribution in [-0.4, -0.2) is 18.0 Å². The molecule has 5 heteroatoms. The van der Waals surface area contributed by atoms with E-state index in [4.69, 9.17) is 11.6 Å². The van der Waals surface area contributed by atoms with E-state index in [0.29, 0.717) is 10.6 Å². The van der Waals surface area contributed by atoms with Gasteiger partial charge in [-0.1, -0.05) is 38.1 Å². The number of nitrogens with two attached hydrogens (primary N) is 2. The van der Waals surface area contributed by atoms with Gasteiger partial charge in [-0.25, -0.2) is 5.84 Å². The summed E-state index contributed by atoms with van der Waals surface area (Å²) in [4.78, 5) is 13.3. The first-order chi connectivity index (χ1) is 9.59. The second-order valence-electron chi connectivity index (χ2n) is 4.39. The van der Waals surface area contributed by atoms with E-state index in [1.165, 1.54) is 23.9 Å². The molecule has 0 aliphatic heterocycles. The van der Waals surface area contributed by atoms with E-state index in [1.807, 2.05) is 32.0 Å². The monoisotopic (exact) mass is 289 g/mol. The number of benzene rings is 1. The number of carbonyl (C=O) groups is 1. The number of anilines is 1. The van der Waals surface area contributed by atoms with Gasteiger partial charge in [0.25, 0.3) is 5.91 Å². The highest BCUT2D eigenvalue weighted by Crippen LogP contribution is 2.46. The molecule has 20 heavy (non-hydrogen) atoms. The first-order valence-corrected chi connectivity index (χ1v) is 7.43. The van der Waals surface area contributed by atoms with Crippen molar-refractivity contribution in [3.63, 3.8) is 0 Å². The molecule has 2 aromatic rings. The largest absolute Gasteiger partial charge is 0.390 e. The number of nitrogens with zero attached hydrogens (tertiary/aromatic N) is 1. The molecule has 4 N–H and O–H groups in total.